The van der Waals surface area contributed by atoms with Crippen LogP contribution in [0.1, 0.15) is 23.5 Å². The lowest BCUT2D eigenvalue weighted by Crippen LogP contribution is -2.29. The Morgan fingerprint density at radius 2 is 1.47 bits per heavy atom. The first-order valence-electron chi connectivity index (χ1n) is 9.52. The average Bonchev–Trinajstić information content (AvgIpc) is 3.11. The molecule has 0 spiro atoms. The summed E-state index contributed by atoms with van der Waals surface area (Å²) in [6.07, 6.45) is -5.41. The van der Waals surface area contributed by atoms with Crippen molar-refractivity contribution in [3.8, 4) is 11.3 Å². The van der Waals surface area contributed by atoms with Crippen molar-refractivity contribution in [2.24, 2.45) is 0 Å². The lowest BCUT2D eigenvalue weighted by Gasteiger charge is -2.21. The Hall–Kier alpha value is -3.03. The second kappa shape index (κ2) is 8.01. The summed E-state index contributed by atoms with van der Waals surface area (Å²) >= 11 is 0. The predicted octanol–water partition coefficient (Wildman–Crippen LogP) is 4.60. The lowest BCUT2D eigenvalue weighted by molar-refractivity contribution is -0.136. The Bertz CT molecular complexity index is 1140. The molecule has 3 aromatic carbocycles. The standard InChI is InChI=1S/C23H19BF3NO2/c25-23(26,27)14-19(15-10-12-17(13-11-15)24(29)30)21-18-8-4-5-9-20(18)28-22(21)16-6-2-1-3-7-16/h1-13,19,28-30H,14H2. The van der Waals surface area contributed by atoms with Crippen LogP contribution in [0.5, 0.6) is 0 Å². The largest absolute Gasteiger partial charge is 0.488 e. The number of rotatable bonds is 5. The molecule has 0 saturated carbocycles. The normalized spacial score (nSPS) is 12.8. The monoisotopic (exact) mass is 409 g/mol. The van der Waals surface area contributed by atoms with Gasteiger partial charge in [-0.05, 0) is 28.2 Å². The van der Waals surface area contributed by atoms with Crippen LogP contribution in [0.2, 0.25) is 0 Å². The maximum absolute atomic E-state index is 13.6. The number of H-pyrrole nitrogens is 1. The minimum atomic E-state index is -4.38. The Morgan fingerprint density at radius 1 is 0.833 bits per heavy atom. The van der Waals surface area contributed by atoms with Crippen molar-refractivity contribution < 1.29 is 23.2 Å². The zero-order valence-corrected chi connectivity index (χ0v) is 15.9. The molecule has 0 aliphatic heterocycles. The molecule has 3 nitrogen and oxygen atoms in total. The molecule has 7 heteroatoms. The van der Waals surface area contributed by atoms with Crippen molar-refractivity contribution in [2.75, 3.05) is 0 Å². The van der Waals surface area contributed by atoms with Crippen LogP contribution in [-0.4, -0.2) is 28.3 Å². The summed E-state index contributed by atoms with van der Waals surface area (Å²) in [4.78, 5) is 3.30. The van der Waals surface area contributed by atoms with Crippen LogP contribution >= 0.6 is 0 Å². The number of hydrogen-bond acceptors (Lipinski definition) is 2. The lowest BCUT2D eigenvalue weighted by atomic mass is 9.78. The summed E-state index contributed by atoms with van der Waals surface area (Å²) in [5, 5.41) is 19.4. The van der Waals surface area contributed by atoms with Gasteiger partial charge in [0.15, 0.2) is 0 Å². The molecule has 1 unspecified atom stereocenters. The molecule has 0 aliphatic carbocycles. The van der Waals surface area contributed by atoms with E-state index in [-0.39, 0.29) is 5.46 Å². The van der Waals surface area contributed by atoms with Crippen molar-refractivity contribution in [3.63, 3.8) is 0 Å². The highest BCUT2D eigenvalue weighted by Crippen LogP contribution is 2.43. The Kier molecular flexibility index (Phi) is 5.41. The number of fused-ring (bicyclic) bond motifs is 1. The molecule has 4 aromatic rings. The van der Waals surface area contributed by atoms with Crippen LogP contribution in [0, 0.1) is 0 Å². The number of aromatic amines is 1. The fraction of sp³-hybridized carbons (Fsp3) is 0.130. The van der Waals surface area contributed by atoms with Crippen LogP contribution < -0.4 is 5.46 Å². The molecule has 0 radical (unpaired) electrons. The zero-order valence-electron chi connectivity index (χ0n) is 15.9. The molecule has 0 aliphatic rings. The highest BCUT2D eigenvalue weighted by molar-refractivity contribution is 6.58. The van der Waals surface area contributed by atoms with E-state index in [4.69, 9.17) is 0 Å². The van der Waals surface area contributed by atoms with E-state index < -0.39 is 25.6 Å². The van der Waals surface area contributed by atoms with Gasteiger partial charge in [-0.2, -0.15) is 13.2 Å². The fourth-order valence-corrected chi connectivity index (χ4v) is 3.88. The molecule has 152 valence electrons. The summed E-state index contributed by atoms with van der Waals surface area (Å²) in [7, 11) is -1.67. The molecule has 0 fully saturated rings. The van der Waals surface area contributed by atoms with E-state index in [2.05, 4.69) is 4.98 Å². The van der Waals surface area contributed by atoms with Gasteiger partial charge in [0.1, 0.15) is 0 Å². The van der Waals surface area contributed by atoms with Crippen LogP contribution in [0.4, 0.5) is 13.2 Å². The van der Waals surface area contributed by atoms with Crippen LogP contribution in [0.25, 0.3) is 22.2 Å². The van der Waals surface area contributed by atoms with E-state index in [0.717, 1.165) is 16.5 Å². The molecule has 1 aromatic heterocycles. The van der Waals surface area contributed by atoms with E-state index in [0.29, 0.717) is 16.8 Å². The molecule has 4 rings (SSSR count). The van der Waals surface area contributed by atoms with Gasteiger partial charge in [-0.3, -0.25) is 0 Å². The topological polar surface area (TPSA) is 56.2 Å². The van der Waals surface area contributed by atoms with Crippen molar-refractivity contribution >= 4 is 23.5 Å². The van der Waals surface area contributed by atoms with Crippen molar-refractivity contribution in [1.82, 2.24) is 4.98 Å². The van der Waals surface area contributed by atoms with Crippen LogP contribution in [0.15, 0.2) is 78.9 Å². The smallest absolute Gasteiger partial charge is 0.423 e. The van der Waals surface area contributed by atoms with E-state index in [1.807, 2.05) is 54.6 Å². The molecule has 1 atom stereocenters. The average molecular weight is 409 g/mol. The van der Waals surface area contributed by atoms with Gasteiger partial charge >= 0.3 is 13.3 Å². The zero-order chi connectivity index (χ0) is 21.3. The Balaban J connectivity index is 1.94. The van der Waals surface area contributed by atoms with E-state index >= 15 is 0 Å². The molecule has 30 heavy (non-hydrogen) atoms. The summed E-state index contributed by atoms with van der Waals surface area (Å²) in [5.41, 5.74) is 3.48. The summed E-state index contributed by atoms with van der Waals surface area (Å²) in [6.45, 7) is 0. The first-order chi connectivity index (χ1) is 14.3. The maximum Gasteiger partial charge on any atom is 0.488 e. The Morgan fingerprint density at radius 3 is 2.10 bits per heavy atom. The minimum Gasteiger partial charge on any atom is -0.423 e. The highest BCUT2D eigenvalue weighted by Gasteiger charge is 2.36. The van der Waals surface area contributed by atoms with Gasteiger partial charge < -0.3 is 15.0 Å². The summed E-state index contributed by atoms with van der Waals surface area (Å²) < 4.78 is 40.9. The predicted molar refractivity (Wildman–Crippen MR) is 113 cm³/mol. The minimum absolute atomic E-state index is 0.228. The van der Waals surface area contributed by atoms with Gasteiger partial charge in [0.2, 0.25) is 0 Å². The number of alkyl halides is 3. The third-order valence-corrected chi connectivity index (χ3v) is 5.23. The third kappa shape index (κ3) is 4.13. The molecule has 0 saturated heterocycles. The van der Waals surface area contributed by atoms with Gasteiger partial charge in [-0.25, -0.2) is 0 Å². The number of para-hydroxylation sites is 1. The second-order valence-electron chi connectivity index (χ2n) is 7.24. The number of benzene rings is 3. The van der Waals surface area contributed by atoms with Crippen molar-refractivity contribution in [1.29, 1.82) is 0 Å². The van der Waals surface area contributed by atoms with Gasteiger partial charge in [-0.1, -0.05) is 72.8 Å². The first kappa shape index (κ1) is 20.3. The Labute approximate surface area is 172 Å². The molecule has 0 amide bonds. The first-order valence-corrected chi connectivity index (χ1v) is 9.52. The van der Waals surface area contributed by atoms with Gasteiger partial charge in [-0.15, -0.1) is 0 Å². The van der Waals surface area contributed by atoms with Gasteiger partial charge in [0.25, 0.3) is 0 Å². The molecular formula is C23H19BF3NO2. The maximum atomic E-state index is 13.6. The third-order valence-electron chi connectivity index (χ3n) is 5.23. The number of aromatic nitrogens is 1. The van der Waals surface area contributed by atoms with Crippen LogP contribution in [0.3, 0.4) is 0 Å². The molecular weight excluding hydrogens is 390 g/mol. The van der Waals surface area contributed by atoms with Gasteiger partial charge in [0.05, 0.1) is 12.1 Å². The second-order valence-corrected chi connectivity index (χ2v) is 7.24. The number of halogens is 3. The van der Waals surface area contributed by atoms with E-state index in [9.17, 15) is 23.2 Å². The summed E-state index contributed by atoms with van der Waals surface area (Å²) in [6, 6.07) is 22.6. The number of nitrogens with one attached hydrogen (secondary N) is 1. The fourth-order valence-electron chi connectivity index (χ4n) is 3.88. The number of hydrogen-bond donors (Lipinski definition) is 3. The van der Waals surface area contributed by atoms with E-state index in [1.165, 1.54) is 24.3 Å². The molecule has 3 N–H and O–H groups in total. The van der Waals surface area contributed by atoms with Crippen molar-refractivity contribution in [3.05, 3.63) is 90.0 Å². The van der Waals surface area contributed by atoms with E-state index in [1.54, 1.807) is 0 Å². The molecule has 1 heterocycles. The van der Waals surface area contributed by atoms with Crippen molar-refractivity contribution in [2.45, 2.75) is 18.5 Å². The SMILES string of the molecule is OB(O)c1ccc(C(CC(F)(F)F)c2c(-c3ccccc3)[nH]c3ccccc23)cc1. The summed E-state index contributed by atoms with van der Waals surface area (Å²) in [5.74, 6) is -0.957. The van der Waals surface area contributed by atoms with Gasteiger partial charge in [0, 0.05) is 16.8 Å². The van der Waals surface area contributed by atoms with Crippen LogP contribution in [-0.2, 0) is 0 Å². The highest BCUT2D eigenvalue weighted by atomic mass is 19.4. The quantitative estimate of drug-likeness (QED) is 0.422. The molecule has 0 bridgehead atoms.